The number of allylic oxidation sites excluding steroid dienone is 2. The van der Waals surface area contributed by atoms with Crippen molar-refractivity contribution in [3.05, 3.63) is 41.0 Å². The van der Waals surface area contributed by atoms with Crippen LogP contribution in [-0.2, 0) is 13.0 Å². The molecule has 1 aromatic rings. The highest BCUT2D eigenvalue weighted by atomic mass is 15.1. The quantitative estimate of drug-likeness (QED) is 0.349. The highest BCUT2D eigenvalue weighted by Crippen LogP contribution is 2.30. The largest absolute Gasteiger partial charge is 0.371 e. The van der Waals surface area contributed by atoms with Gasteiger partial charge in [0.2, 0.25) is 0 Å². The second kappa shape index (κ2) is 30.8. The molecule has 0 amide bonds. The number of hydrogen-bond donors (Lipinski definition) is 3. The van der Waals surface area contributed by atoms with Crippen molar-refractivity contribution in [2.75, 3.05) is 45.7 Å². The lowest BCUT2D eigenvalue weighted by atomic mass is 9.92. The molecule has 1 aliphatic carbocycles. The van der Waals surface area contributed by atoms with Gasteiger partial charge in [-0.25, -0.2) is 0 Å². The zero-order valence-corrected chi connectivity index (χ0v) is 28.3. The molecule has 4 rings (SSSR count). The molecule has 1 unspecified atom stereocenters. The predicted molar refractivity (Wildman–Crippen MR) is 182 cm³/mol. The normalized spacial score (nSPS) is 18.9. The molecule has 0 aromatic heterocycles. The average molecular weight is 548 g/mol. The van der Waals surface area contributed by atoms with Gasteiger partial charge in [0.15, 0.2) is 0 Å². The van der Waals surface area contributed by atoms with E-state index < -0.39 is 0 Å². The van der Waals surface area contributed by atoms with Crippen LogP contribution in [0.4, 0.5) is 5.69 Å². The summed E-state index contributed by atoms with van der Waals surface area (Å²) in [6, 6.07) is 7.41. The van der Waals surface area contributed by atoms with Gasteiger partial charge in [-0.3, -0.25) is 4.99 Å². The third-order valence-electron chi connectivity index (χ3n) is 6.05. The maximum atomic E-state index is 4.85. The van der Waals surface area contributed by atoms with Crippen molar-refractivity contribution in [3.63, 3.8) is 0 Å². The van der Waals surface area contributed by atoms with E-state index in [1.54, 1.807) is 5.56 Å². The molecule has 230 valence electrons. The van der Waals surface area contributed by atoms with Gasteiger partial charge in [-0.2, -0.15) is 0 Å². The van der Waals surface area contributed by atoms with E-state index in [-0.39, 0.29) is 0 Å². The van der Waals surface area contributed by atoms with Crippen LogP contribution in [0.1, 0.15) is 118 Å². The number of hydrogen-bond acceptors (Lipinski definition) is 5. The van der Waals surface area contributed by atoms with Crippen molar-refractivity contribution in [1.29, 1.82) is 0 Å². The van der Waals surface area contributed by atoms with Gasteiger partial charge in [-0.1, -0.05) is 73.6 Å². The Bertz CT molecular complexity index is 704. The number of rotatable bonds is 2. The summed E-state index contributed by atoms with van der Waals surface area (Å²) >= 11 is 0. The molecular formula is C34H69N5. The first kappa shape index (κ1) is 41.8. The Morgan fingerprint density at radius 3 is 2.03 bits per heavy atom. The Kier molecular flexibility index (Phi) is 33.0. The standard InChI is InChI=1S/C14H20N2.C10H17N.2C2H7N.3C2H6/c1-11-9-13-12(10-15-11)5-4-6-14(13)16-7-2-3-8-16;1-3-6-9-7-4-5-8-10(9)11-2;1-3-2;1-2-3;3*1-2/h4-6,11,15H,2-3,7-10H2,1H3;6H,3-5,7-8H2,1-2H3;3H,1-2H3;2-3H2,1H3;3*1-2H3/b;9-6-,11-10?;;;;;. The van der Waals surface area contributed by atoms with Crippen LogP contribution in [0.2, 0.25) is 0 Å². The number of benzene rings is 1. The van der Waals surface area contributed by atoms with Crippen LogP contribution in [0.25, 0.3) is 0 Å². The number of aliphatic imine (C=N–C) groups is 1. The third kappa shape index (κ3) is 18.3. The summed E-state index contributed by atoms with van der Waals surface area (Å²) in [5.74, 6) is 0. The zero-order chi connectivity index (χ0) is 30.5. The number of nitrogens with zero attached hydrogens (tertiary/aromatic N) is 2. The average Bonchev–Trinajstić information content (AvgIpc) is 3.53. The van der Waals surface area contributed by atoms with E-state index in [4.69, 9.17) is 5.73 Å². The second-order valence-electron chi connectivity index (χ2n) is 9.02. The second-order valence-corrected chi connectivity index (χ2v) is 9.02. The van der Waals surface area contributed by atoms with E-state index in [2.05, 4.69) is 58.6 Å². The lowest BCUT2D eigenvalue weighted by Crippen LogP contribution is -2.34. The predicted octanol–water partition coefficient (Wildman–Crippen LogP) is 8.17. The van der Waals surface area contributed by atoms with E-state index in [0.717, 1.165) is 19.5 Å². The minimum absolute atomic E-state index is 0.622. The van der Waals surface area contributed by atoms with Crippen molar-refractivity contribution >= 4 is 11.4 Å². The molecule has 1 saturated heterocycles. The number of fused-ring (bicyclic) bond motifs is 1. The Morgan fingerprint density at radius 1 is 0.974 bits per heavy atom. The topological polar surface area (TPSA) is 65.7 Å². The van der Waals surface area contributed by atoms with Crippen LogP contribution < -0.4 is 21.3 Å². The molecule has 0 spiro atoms. The molecule has 0 radical (unpaired) electrons. The fourth-order valence-electron chi connectivity index (χ4n) is 4.57. The summed E-state index contributed by atoms with van der Waals surface area (Å²) in [6.45, 7) is 22.7. The molecule has 3 aliphatic rings. The monoisotopic (exact) mass is 548 g/mol. The Morgan fingerprint density at radius 2 is 1.51 bits per heavy atom. The lowest BCUT2D eigenvalue weighted by molar-refractivity contribution is 0.513. The highest BCUT2D eigenvalue weighted by molar-refractivity contribution is 6.00. The minimum atomic E-state index is 0.622. The summed E-state index contributed by atoms with van der Waals surface area (Å²) in [5.41, 5.74) is 12.3. The molecule has 39 heavy (non-hydrogen) atoms. The molecule has 0 bridgehead atoms. The first-order chi connectivity index (χ1) is 19.1. The summed E-state index contributed by atoms with van der Waals surface area (Å²) in [6.07, 6.45) is 12.5. The molecule has 5 nitrogen and oxygen atoms in total. The number of nitrogens with one attached hydrogen (secondary N) is 2. The van der Waals surface area contributed by atoms with E-state index >= 15 is 0 Å². The minimum Gasteiger partial charge on any atom is -0.371 e. The van der Waals surface area contributed by atoms with E-state index in [9.17, 15) is 0 Å². The van der Waals surface area contributed by atoms with Crippen molar-refractivity contribution in [1.82, 2.24) is 10.6 Å². The van der Waals surface area contributed by atoms with E-state index in [0.29, 0.717) is 6.04 Å². The molecule has 1 aromatic carbocycles. The summed E-state index contributed by atoms with van der Waals surface area (Å²) in [5, 5.41) is 6.29. The maximum Gasteiger partial charge on any atom is 0.0402 e. The molecular weight excluding hydrogens is 478 g/mol. The van der Waals surface area contributed by atoms with Crippen LogP contribution >= 0.6 is 0 Å². The maximum absolute atomic E-state index is 4.85. The molecule has 2 fully saturated rings. The van der Waals surface area contributed by atoms with Crippen LogP contribution in [0.15, 0.2) is 34.8 Å². The number of nitrogens with two attached hydrogens (primary N) is 1. The van der Waals surface area contributed by atoms with Crippen LogP contribution in [0.5, 0.6) is 0 Å². The van der Waals surface area contributed by atoms with Crippen molar-refractivity contribution in [2.45, 2.75) is 126 Å². The van der Waals surface area contributed by atoms with Crippen molar-refractivity contribution in [2.24, 2.45) is 10.7 Å². The van der Waals surface area contributed by atoms with Gasteiger partial charge in [0.1, 0.15) is 0 Å². The van der Waals surface area contributed by atoms with Gasteiger partial charge in [0.25, 0.3) is 0 Å². The summed E-state index contributed by atoms with van der Waals surface area (Å²) < 4.78 is 0. The van der Waals surface area contributed by atoms with E-state index in [1.165, 1.54) is 80.6 Å². The van der Waals surface area contributed by atoms with Gasteiger partial charge in [0.05, 0.1) is 0 Å². The van der Waals surface area contributed by atoms with Crippen LogP contribution in [0, 0.1) is 0 Å². The van der Waals surface area contributed by atoms with Crippen LogP contribution in [-0.4, -0.2) is 52.5 Å². The fourth-order valence-corrected chi connectivity index (χ4v) is 4.57. The molecule has 1 saturated carbocycles. The first-order valence-corrected chi connectivity index (χ1v) is 16.1. The lowest BCUT2D eigenvalue weighted by Gasteiger charge is -2.29. The smallest absolute Gasteiger partial charge is 0.0402 e. The molecule has 5 heteroatoms. The Labute approximate surface area is 245 Å². The van der Waals surface area contributed by atoms with Gasteiger partial charge in [0, 0.05) is 44.1 Å². The summed E-state index contributed by atoms with van der Waals surface area (Å²) in [4.78, 5) is 6.86. The van der Waals surface area contributed by atoms with Gasteiger partial charge < -0.3 is 21.3 Å². The zero-order valence-electron chi connectivity index (χ0n) is 28.3. The summed E-state index contributed by atoms with van der Waals surface area (Å²) in [7, 11) is 5.66. The van der Waals surface area contributed by atoms with Gasteiger partial charge >= 0.3 is 0 Å². The SMILES string of the molecule is CC.CC.CC.CC/C=C1/CCCCC1=NC.CC1Cc2c(cccc2N2CCCC2)CN1.CCN.CNC. The van der Waals surface area contributed by atoms with Gasteiger partial charge in [-0.15, -0.1) is 0 Å². The first-order valence-electron chi connectivity index (χ1n) is 16.1. The molecule has 2 aliphatic heterocycles. The Balaban J connectivity index is -0.000000492. The van der Waals surface area contributed by atoms with Crippen molar-refractivity contribution in [3.8, 4) is 0 Å². The Hall–Kier alpha value is -1.69. The van der Waals surface area contributed by atoms with Crippen molar-refractivity contribution < 1.29 is 0 Å². The molecule has 4 N–H and O–H groups in total. The highest BCUT2D eigenvalue weighted by Gasteiger charge is 2.21. The molecule has 2 heterocycles. The number of anilines is 1. The third-order valence-corrected chi connectivity index (χ3v) is 6.05. The molecule has 1 atom stereocenters. The van der Waals surface area contributed by atoms with Crippen LogP contribution in [0.3, 0.4) is 0 Å². The van der Waals surface area contributed by atoms with Gasteiger partial charge in [-0.05, 0) is 102 Å². The fraction of sp³-hybridized carbons (Fsp3) is 0.735. The van der Waals surface area contributed by atoms with E-state index in [1.807, 2.05) is 69.6 Å².